The van der Waals surface area contributed by atoms with Gasteiger partial charge in [0.05, 0.1) is 7.59 Å². The molecule has 0 rings (SSSR count). The normalized spacial score (nSPS) is 12.0. The third-order valence-corrected chi connectivity index (χ3v) is 3.90. The molecule has 2 radical (unpaired) electrons. The van der Waals surface area contributed by atoms with Gasteiger partial charge in [-0.15, -0.1) is 0 Å². The van der Waals surface area contributed by atoms with Crippen LogP contribution in [0.4, 0.5) is 0 Å². The molecule has 36 valence electrons. The Morgan fingerprint density at radius 1 is 1.33 bits per heavy atom. The third kappa shape index (κ3) is 4.39. The van der Waals surface area contributed by atoms with Gasteiger partial charge in [0.1, 0.15) is 9.20 Å². The van der Waals surface area contributed by atoms with Crippen molar-refractivity contribution in [2.45, 2.75) is 19.6 Å². The van der Waals surface area contributed by atoms with E-state index < -0.39 is 7.59 Å². The molecule has 0 saturated heterocycles. The minimum Gasteiger partial charge on any atom is -0.355 e. The maximum atomic E-state index is 5.40. The van der Waals surface area contributed by atoms with Gasteiger partial charge in [0.15, 0.2) is 0 Å². The number of nitrogens with two attached hydrogens (primary N) is 1. The predicted octanol–water partition coefficient (Wildman–Crippen LogP) is 0.399. The largest absolute Gasteiger partial charge is 0.355 e. The van der Waals surface area contributed by atoms with E-state index in [2.05, 4.69) is 19.6 Å². The average Bonchev–Trinajstić information content (AvgIpc) is 1.35. The van der Waals surface area contributed by atoms with Gasteiger partial charge < -0.3 is 5.40 Å². The Morgan fingerprint density at radius 3 is 1.50 bits per heavy atom. The fourth-order valence-electron chi connectivity index (χ4n) is 0. The first kappa shape index (κ1) is 6.39. The number of hydrogen-bond donors (Lipinski definition) is 1. The molecule has 0 aromatic heterocycles. The highest BCUT2D eigenvalue weighted by Crippen LogP contribution is 1.91. The second-order valence-corrected chi connectivity index (χ2v) is 12.5. The molecule has 0 amide bonds. The zero-order chi connectivity index (χ0) is 5.21. The highest BCUT2D eigenvalue weighted by Gasteiger charge is 2.09. The van der Waals surface area contributed by atoms with Crippen molar-refractivity contribution in [3.63, 3.8) is 0 Å². The Balaban J connectivity index is 3.17. The molecule has 6 heavy (non-hydrogen) atoms. The van der Waals surface area contributed by atoms with Crippen molar-refractivity contribution in [3.8, 4) is 0 Å². The molecular formula is C3H11NSi2. The summed E-state index contributed by atoms with van der Waals surface area (Å²) in [5, 5.41) is 5.40. The molecule has 0 bridgehead atoms. The summed E-state index contributed by atoms with van der Waals surface area (Å²) in [5.74, 6) is 0. The topological polar surface area (TPSA) is 26.0 Å². The summed E-state index contributed by atoms with van der Waals surface area (Å²) in [7, 11) is -0.120. The molecule has 0 fully saturated rings. The van der Waals surface area contributed by atoms with Crippen molar-refractivity contribution in [2.24, 2.45) is 5.40 Å². The summed E-state index contributed by atoms with van der Waals surface area (Å²) in [6.07, 6.45) is 0. The van der Waals surface area contributed by atoms with E-state index in [0.29, 0.717) is 9.20 Å². The summed E-state index contributed by atoms with van der Waals surface area (Å²) in [4.78, 5) is 0. The SMILES string of the molecule is C[Si](C)(C)[Si]N. The molecule has 0 aromatic carbocycles. The van der Waals surface area contributed by atoms with Crippen LogP contribution < -0.4 is 5.40 Å². The summed E-state index contributed by atoms with van der Waals surface area (Å²) >= 11 is 0. The Morgan fingerprint density at radius 2 is 1.50 bits per heavy atom. The first-order valence-electron chi connectivity index (χ1n) is 2.04. The van der Waals surface area contributed by atoms with Crippen LogP contribution in [-0.4, -0.2) is 16.8 Å². The van der Waals surface area contributed by atoms with Crippen molar-refractivity contribution >= 4 is 16.8 Å². The number of hydrogen-bond acceptors (Lipinski definition) is 1. The zero-order valence-electron chi connectivity index (χ0n) is 4.58. The lowest BCUT2D eigenvalue weighted by Gasteiger charge is -2.07. The molecule has 0 unspecified atom stereocenters. The lowest BCUT2D eigenvalue weighted by Crippen LogP contribution is -2.36. The summed E-state index contributed by atoms with van der Waals surface area (Å²) in [5.41, 5.74) is 0. The second-order valence-electron chi connectivity index (χ2n) is 2.39. The maximum Gasteiger partial charge on any atom is 0.121 e. The first-order valence-corrected chi connectivity index (χ1v) is 7.62. The molecular weight excluding hydrogens is 106 g/mol. The van der Waals surface area contributed by atoms with E-state index in [4.69, 9.17) is 5.40 Å². The highest BCUT2D eigenvalue weighted by molar-refractivity contribution is 7.21. The molecule has 3 heteroatoms. The molecule has 0 atom stereocenters. The number of rotatable bonds is 1. The zero-order valence-corrected chi connectivity index (χ0v) is 6.58. The van der Waals surface area contributed by atoms with E-state index in [0.717, 1.165) is 0 Å². The minimum absolute atomic E-state index is 0.706. The van der Waals surface area contributed by atoms with Crippen LogP contribution in [0.25, 0.3) is 0 Å². The molecule has 0 aliphatic heterocycles. The average molecular weight is 117 g/mol. The van der Waals surface area contributed by atoms with E-state index in [1.807, 2.05) is 0 Å². The van der Waals surface area contributed by atoms with E-state index in [1.54, 1.807) is 0 Å². The smallest absolute Gasteiger partial charge is 0.121 e. The molecule has 0 aromatic rings. The van der Waals surface area contributed by atoms with Gasteiger partial charge in [-0.05, 0) is 0 Å². The van der Waals surface area contributed by atoms with E-state index in [-0.39, 0.29) is 0 Å². The van der Waals surface area contributed by atoms with Gasteiger partial charge in [0, 0.05) is 0 Å². The Bertz CT molecular complexity index is 38.5. The minimum atomic E-state index is -0.826. The molecule has 0 saturated carbocycles. The molecule has 0 aliphatic rings. The van der Waals surface area contributed by atoms with E-state index >= 15 is 0 Å². The summed E-state index contributed by atoms with van der Waals surface area (Å²) in [6.45, 7) is 6.81. The van der Waals surface area contributed by atoms with Gasteiger partial charge in [-0.25, -0.2) is 0 Å². The van der Waals surface area contributed by atoms with Crippen LogP contribution in [0.2, 0.25) is 19.6 Å². The lowest BCUT2D eigenvalue weighted by atomic mass is 11.8. The Hall–Kier alpha value is 0.394. The standard InChI is InChI=1S/C3H11NSi2/c1-6(2,3)5-4/h4H2,1-3H3. The van der Waals surface area contributed by atoms with Crippen molar-refractivity contribution in [2.75, 3.05) is 0 Å². The molecule has 1 nitrogen and oxygen atoms in total. The van der Waals surface area contributed by atoms with Crippen LogP contribution >= 0.6 is 0 Å². The van der Waals surface area contributed by atoms with Crippen LogP contribution in [0, 0.1) is 0 Å². The van der Waals surface area contributed by atoms with E-state index in [9.17, 15) is 0 Å². The highest BCUT2D eigenvalue weighted by atomic mass is 29.2. The molecule has 0 aliphatic carbocycles. The Kier molecular flexibility index (Phi) is 2.03. The van der Waals surface area contributed by atoms with Gasteiger partial charge in [0.25, 0.3) is 0 Å². The summed E-state index contributed by atoms with van der Waals surface area (Å²) in [6, 6.07) is 0. The van der Waals surface area contributed by atoms with Crippen LogP contribution in [0.5, 0.6) is 0 Å². The quantitative estimate of drug-likeness (QED) is 0.494. The van der Waals surface area contributed by atoms with Crippen molar-refractivity contribution in [1.29, 1.82) is 0 Å². The fourth-order valence-corrected chi connectivity index (χ4v) is 0. The second kappa shape index (κ2) is 1.90. The van der Waals surface area contributed by atoms with E-state index in [1.165, 1.54) is 0 Å². The monoisotopic (exact) mass is 117 g/mol. The maximum absolute atomic E-state index is 5.40. The molecule has 2 N–H and O–H groups in total. The third-order valence-electron chi connectivity index (χ3n) is 0.433. The predicted molar refractivity (Wildman–Crippen MR) is 33.3 cm³/mol. The van der Waals surface area contributed by atoms with Crippen LogP contribution in [-0.2, 0) is 0 Å². The lowest BCUT2D eigenvalue weighted by molar-refractivity contribution is 1.81. The van der Waals surface area contributed by atoms with Crippen LogP contribution in [0.3, 0.4) is 0 Å². The van der Waals surface area contributed by atoms with Crippen molar-refractivity contribution < 1.29 is 0 Å². The first-order chi connectivity index (χ1) is 2.56. The van der Waals surface area contributed by atoms with Crippen LogP contribution in [0.1, 0.15) is 0 Å². The van der Waals surface area contributed by atoms with Gasteiger partial charge in [-0.1, -0.05) is 19.6 Å². The van der Waals surface area contributed by atoms with Gasteiger partial charge in [-0.3, -0.25) is 0 Å². The van der Waals surface area contributed by atoms with Crippen molar-refractivity contribution in [1.82, 2.24) is 0 Å². The fraction of sp³-hybridized carbons (Fsp3) is 1.00. The summed E-state index contributed by atoms with van der Waals surface area (Å²) < 4.78 is 0. The van der Waals surface area contributed by atoms with Gasteiger partial charge in [-0.2, -0.15) is 0 Å². The van der Waals surface area contributed by atoms with Gasteiger partial charge in [0.2, 0.25) is 0 Å². The molecule has 0 spiro atoms. The Labute approximate surface area is 42.6 Å². The van der Waals surface area contributed by atoms with Crippen molar-refractivity contribution in [3.05, 3.63) is 0 Å². The molecule has 0 heterocycles. The van der Waals surface area contributed by atoms with Gasteiger partial charge >= 0.3 is 0 Å². The van der Waals surface area contributed by atoms with Crippen LogP contribution in [0.15, 0.2) is 0 Å².